The van der Waals surface area contributed by atoms with E-state index >= 15 is 0 Å². The number of nitrogens with one attached hydrogen (secondary N) is 2. The number of fused-ring (bicyclic) bond motifs is 1. The summed E-state index contributed by atoms with van der Waals surface area (Å²) in [7, 11) is -3.80. The van der Waals surface area contributed by atoms with Gasteiger partial charge in [0.25, 0.3) is 10.0 Å². The molecule has 2 N–H and O–H groups in total. The van der Waals surface area contributed by atoms with Crippen LogP contribution in [0.2, 0.25) is 0 Å². The lowest BCUT2D eigenvalue weighted by atomic mass is 10.0. The van der Waals surface area contributed by atoms with E-state index in [0.717, 1.165) is 11.1 Å². The van der Waals surface area contributed by atoms with E-state index in [1.807, 2.05) is 18.2 Å². The van der Waals surface area contributed by atoms with E-state index in [-0.39, 0.29) is 4.90 Å². The van der Waals surface area contributed by atoms with Gasteiger partial charge in [-0.3, -0.25) is 4.79 Å². The number of amides is 2. The first-order valence-corrected chi connectivity index (χ1v) is 13.1. The SMILES string of the molecule is C[C@@H](NC(=O)OC(C)(C)C)C(=O)Nc1ccc(-c2ccnc3c2ccn3S(=O)(=O)c2ccccc2)cc1. The number of carbonyl (C=O) groups is 2. The van der Waals surface area contributed by atoms with E-state index in [1.54, 1.807) is 82.4 Å². The summed E-state index contributed by atoms with van der Waals surface area (Å²) in [6, 6.07) is 18.0. The minimum Gasteiger partial charge on any atom is -0.444 e. The van der Waals surface area contributed by atoms with Crippen molar-refractivity contribution in [2.45, 2.75) is 44.2 Å². The molecule has 2 amide bonds. The van der Waals surface area contributed by atoms with Crippen LogP contribution in [0.1, 0.15) is 27.7 Å². The molecule has 0 fully saturated rings. The highest BCUT2D eigenvalue weighted by atomic mass is 32.2. The average molecular weight is 521 g/mol. The van der Waals surface area contributed by atoms with E-state index in [0.29, 0.717) is 16.7 Å². The predicted octanol–water partition coefficient (Wildman–Crippen LogP) is 4.79. The molecule has 0 bridgehead atoms. The summed E-state index contributed by atoms with van der Waals surface area (Å²) in [5.74, 6) is -0.395. The Balaban J connectivity index is 1.53. The fraction of sp³-hybridized carbons (Fsp3) is 0.222. The van der Waals surface area contributed by atoms with Gasteiger partial charge in [-0.25, -0.2) is 22.2 Å². The number of anilines is 1. The quantitative estimate of drug-likeness (QED) is 0.377. The number of pyridine rings is 1. The molecule has 10 heteroatoms. The summed E-state index contributed by atoms with van der Waals surface area (Å²) in [4.78, 5) is 28.9. The molecule has 0 aliphatic heterocycles. The Hall–Kier alpha value is -4.18. The molecule has 1 atom stereocenters. The lowest BCUT2D eigenvalue weighted by molar-refractivity contribution is -0.117. The number of benzene rings is 2. The van der Waals surface area contributed by atoms with Crippen molar-refractivity contribution < 1.29 is 22.7 Å². The van der Waals surface area contributed by atoms with Gasteiger partial charge in [0.15, 0.2) is 5.65 Å². The molecule has 0 radical (unpaired) electrons. The zero-order chi connectivity index (χ0) is 26.8. The normalized spacial score (nSPS) is 12.6. The second kappa shape index (κ2) is 10.1. The van der Waals surface area contributed by atoms with Crippen LogP contribution < -0.4 is 10.6 Å². The first kappa shape index (κ1) is 25.9. The van der Waals surface area contributed by atoms with Gasteiger partial charge < -0.3 is 15.4 Å². The third kappa shape index (κ3) is 5.80. The lowest BCUT2D eigenvalue weighted by Gasteiger charge is -2.21. The number of alkyl carbamates (subject to hydrolysis) is 1. The van der Waals surface area contributed by atoms with Gasteiger partial charge in [0, 0.05) is 23.5 Å². The van der Waals surface area contributed by atoms with Crippen molar-refractivity contribution in [1.29, 1.82) is 0 Å². The molecule has 192 valence electrons. The highest BCUT2D eigenvalue weighted by Crippen LogP contribution is 2.30. The van der Waals surface area contributed by atoms with Crippen LogP contribution in [0.4, 0.5) is 10.5 Å². The van der Waals surface area contributed by atoms with Crippen LogP contribution in [0.5, 0.6) is 0 Å². The van der Waals surface area contributed by atoms with Crippen molar-refractivity contribution in [3.8, 4) is 11.1 Å². The number of carbonyl (C=O) groups excluding carboxylic acids is 2. The summed E-state index contributed by atoms with van der Waals surface area (Å²) >= 11 is 0. The number of aromatic nitrogens is 2. The molecule has 2 aromatic carbocycles. The molecule has 0 saturated heterocycles. The molecule has 4 rings (SSSR count). The van der Waals surface area contributed by atoms with Gasteiger partial charge >= 0.3 is 6.09 Å². The molecule has 37 heavy (non-hydrogen) atoms. The van der Waals surface area contributed by atoms with E-state index in [2.05, 4.69) is 15.6 Å². The summed E-state index contributed by atoms with van der Waals surface area (Å²) < 4.78 is 32.6. The highest BCUT2D eigenvalue weighted by Gasteiger charge is 2.22. The summed E-state index contributed by atoms with van der Waals surface area (Å²) in [5.41, 5.74) is 1.81. The Morgan fingerprint density at radius 1 is 0.973 bits per heavy atom. The average Bonchev–Trinajstić information content (AvgIpc) is 3.29. The smallest absolute Gasteiger partial charge is 0.408 e. The van der Waals surface area contributed by atoms with Gasteiger partial charge in [-0.2, -0.15) is 0 Å². The summed E-state index contributed by atoms with van der Waals surface area (Å²) in [6.45, 7) is 6.79. The molecule has 0 spiro atoms. The molecule has 0 aliphatic rings. The van der Waals surface area contributed by atoms with Crippen molar-refractivity contribution in [1.82, 2.24) is 14.3 Å². The Morgan fingerprint density at radius 3 is 2.30 bits per heavy atom. The molecule has 0 saturated carbocycles. The van der Waals surface area contributed by atoms with Gasteiger partial charge in [0.2, 0.25) is 5.91 Å². The van der Waals surface area contributed by atoms with Crippen LogP contribution in [0.15, 0.2) is 84.0 Å². The third-order valence-corrected chi connectivity index (χ3v) is 7.12. The maximum Gasteiger partial charge on any atom is 0.408 e. The monoisotopic (exact) mass is 520 g/mol. The second-order valence-corrected chi connectivity index (χ2v) is 11.3. The van der Waals surface area contributed by atoms with E-state index in [4.69, 9.17) is 4.74 Å². The maximum atomic E-state index is 13.1. The van der Waals surface area contributed by atoms with Gasteiger partial charge in [0.1, 0.15) is 11.6 Å². The molecule has 4 aromatic rings. The van der Waals surface area contributed by atoms with E-state index in [9.17, 15) is 18.0 Å². The number of nitrogens with zero attached hydrogens (tertiary/aromatic N) is 2. The van der Waals surface area contributed by atoms with Crippen LogP contribution in [0.3, 0.4) is 0 Å². The third-order valence-electron chi connectivity index (χ3n) is 5.44. The Labute approximate surface area is 215 Å². The van der Waals surface area contributed by atoms with Crippen molar-refractivity contribution >= 4 is 38.7 Å². The molecular formula is C27H28N4O5S. The van der Waals surface area contributed by atoms with Crippen LogP contribution in [0.25, 0.3) is 22.2 Å². The summed E-state index contributed by atoms with van der Waals surface area (Å²) in [5, 5.41) is 5.95. The minimum atomic E-state index is -3.80. The predicted molar refractivity (Wildman–Crippen MR) is 142 cm³/mol. The topological polar surface area (TPSA) is 119 Å². The van der Waals surface area contributed by atoms with Gasteiger partial charge in [-0.1, -0.05) is 30.3 Å². The Bertz CT molecular complexity index is 1540. The molecule has 2 aromatic heterocycles. The minimum absolute atomic E-state index is 0.176. The largest absolute Gasteiger partial charge is 0.444 e. The molecule has 2 heterocycles. The molecule has 0 unspecified atom stereocenters. The molecule has 0 aliphatic carbocycles. The van der Waals surface area contributed by atoms with Crippen LogP contribution in [-0.4, -0.2) is 41.0 Å². The number of ether oxygens (including phenoxy) is 1. The maximum absolute atomic E-state index is 13.1. The zero-order valence-electron chi connectivity index (χ0n) is 20.9. The number of rotatable bonds is 6. The van der Waals surface area contributed by atoms with Crippen molar-refractivity contribution in [3.05, 3.63) is 79.1 Å². The summed E-state index contributed by atoms with van der Waals surface area (Å²) in [6.07, 6.45) is 2.39. The van der Waals surface area contributed by atoms with Crippen molar-refractivity contribution in [3.63, 3.8) is 0 Å². The van der Waals surface area contributed by atoms with E-state index < -0.39 is 33.7 Å². The zero-order valence-corrected chi connectivity index (χ0v) is 21.7. The Morgan fingerprint density at radius 2 is 1.65 bits per heavy atom. The van der Waals surface area contributed by atoms with Gasteiger partial charge in [-0.15, -0.1) is 0 Å². The van der Waals surface area contributed by atoms with Crippen LogP contribution in [0, 0.1) is 0 Å². The fourth-order valence-electron chi connectivity index (χ4n) is 3.70. The second-order valence-electron chi connectivity index (χ2n) is 9.46. The van der Waals surface area contributed by atoms with Crippen molar-refractivity contribution in [2.75, 3.05) is 5.32 Å². The van der Waals surface area contributed by atoms with E-state index in [1.165, 1.54) is 10.2 Å². The fourth-order valence-corrected chi connectivity index (χ4v) is 5.02. The molecule has 9 nitrogen and oxygen atoms in total. The van der Waals surface area contributed by atoms with Crippen molar-refractivity contribution in [2.24, 2.45) is 0 Å². The van der Waals surface area contributed by atoms with Crippen LogP contribution in [-0.2, 0) is 19.6 Å². The number of hydrogen-bond donors (Lipinski definition) is 2. The lowest BCUT2D eigenvalue weighted by Crippen LogP contribution is -2.43. The number of hydrogen-bond acceptors (Lipinski definition) is 6. The van der Waals surface area contributed by atoms with Crippen LogP contribution >= 0.6 is 0 Å². The van der Waals surface area contributed by atoms with Gasteiger partial charge in [-0.05, 0) is 75.2 Å². The highest BCUT2D eigenvalue weighted by molar-refractivity contribution is 7.90. The molecular weight excluding hydrogens is 492 g/mol. The standard InChI is InChI=1S/C27H28N4O5S/c1-18(29-26(33)36-27(2,3)4)25(32)30-20-12-10-19(11-13-20)22-14-16-28-24-23(22)15-17-31(24)37(34,35)21-8-6-5-7-9-21/h5-18H,1-4H3,(H,29,33)(H,30,32)/t18-/m1/s1. The van der Waals surface area contributed by atoms with Gasteiger partial charge in [0.05, 0.1) is 4.90 Å². The first-order chi connectivity index (χ1) is 17.5. The Kier molecular flexibility index (Phi) is 7.04. The first-order valence-electron chi connectivity index (χ1n) is 11.6.